The van der Waals surface area contributed by atoms with Crippen molar-refractivity contribution in [2.24, 2.45) is 0 Å². The smallest absolute Gasteiger partial charge is 0.254 e. The standard InChI is InChI=1S/C18H19FN2OS.ClH/c1-20-8-10-21(11-9-20)18(22)17(13-16-3-2-12-23-16)14-4-6-15(19)7-5-14;/h2-7,12-13H,8-11H2,1H3;1H/b17-13-;. The van der Waals surface area contributed by atoms with Crippen LogP contribution in [0.2, 0.25) is 0 Å². The Bertz CT molecular complexity index is 692. The van der Waals surface area contributed by atoms with E-state index in [9.17, 15) is 9.18 Å². The third kappa shape index (κ3) is 4.44. The number of hydrogen-bond acceptors (Lipinski definition) is 3. The summed E-state index contributed by atoms with van der Waals surface area (Å²) < 4.78 is 13.2. The molecule has 0 N–H and O–H groups in total. The average Bonchev–Trinajstić information content (AvgIpc) is 3.07. The van der Waals surface area contributed by atoms with Gasteiger partial charge in [0.05, 0.1) is 0 Å². The number of rotatable bonds is 3. The quantitative estimate of drug-likeness (QED) is 0.774. The van der Waals surface area contributed by atoms with E-state index in [4.69, 9.17) is 0 Å². The van der Waals surface area contributed by atoms with Gasteiger partial charge in [-0.1, -0.05) is 18.2 Å². The van der Waals surface area contributed by atoms with Crippen molar-refractivity contribution < 1.29 is 9.18 Å². The van der Waals surface area contributed by atoms with E-state index < -0.39 is 0 Å². The molecule has 3 nitrogen and oxygen atoms in total. The molecule has 0 radical (unpaired) electrons. The van der Waals surface area contributed by atoms with Gasteiger partial charge in [0, 0.05) is 36.6 Å². The lowest BCUT2D eigenvalue weighted by molar-refractivity contribution is -0.126. The van der Waals surface area contributed by atoms with E-state index in [1.165, 1.54) is 12.1 Å². The molecule has 128 valence electrons. The highest BCUT2D eigenvalue weighted by atomic mass is 35.5. The molecule has 24 heavy (non-hydrogen) atoms. The number of carbonyl (C=O) groups excluding carboxylic acids is 1. The van der Waals surface area contributed by atoms with Crippen LogP contribution in [0.3, 0.4) is 0 Å². The first-order valence-electron chi connectivity index (χ1n) is 7.62. The molecular formula is C18H20ClFN2OS. The van der Waals surface area contributed by atoms with E-state index in [2.05, 4.69) is 11.9 Å². The number of hydrogen-bond donors (Lipinski definition) is 0. The fourth-order valence-electron chi connectivity index (χ4n) is 2.59. The molecule has 0 unspecified atom stereocenters. The summed E-state index contributed by atoms with van der Waals surface area (Å²) in [6.07, 6.45) is 1.90. The van der Waals surface area contributed by atoms with Gasteiger partial charge in [0.25, 0.3) is 5.91 Å². The van der Waals surface area contributed by atoms with Crippen molar-refractivity contribution >= 4 is 41.3 Å². The molecule has 2 aromatic rings. The number of piperazine rings is 1. The fraction of sp³-hybridized carbons (Fsp3) is 0.278. The first kappa shape index (κ1) is 18.6. The zero-order chi connectivity index (χ0) is 16.2. The summed E-state index contributed by atoms with van der Waals surface area (Å²) in [4.78, 5) is 18.1. The Morgan fingerprint density at radius 3 is 2.38 bits per heavy atom. The van der Waals surface area contributed by atoms with E-state index in [0.717, 1.165) is 36.6 Å². The largest absolute Gasteiger partial charge is 0.336 e. The van der Waals surface area contributed by atoms with Crippen molar-refractivity contribution in [2.75, 3.05) is 33.2 Å². The minimum atomic E-state index is -0.295. The van der Waals surface area contributed by atoms with Gasteiger partial charge in [-0.05, 0) is 42.3 Å². The molecule has 1 aliphatic rings. The van der Waals surface area contributed by atoms with Gasteiger partial charge in [-0.3, -0.25) is 4.79 Å². The number of amides is 1. The summed E-state index contributed by atoms with van der Waals surface area (Å²) >= 11 is 1.58. The summed E-state index contributed by atoms with van der Waals surface area (Å²) in [6, 6.07) is 10.1. The van der Waals surface area contributed by atoms with Gasteiger partial charge in [-0.2, -0.15) is 0 Å². The van der Waals surface area contributed by atoms with E-state index in [1.54, 1.807) is 23.5 Å². The SMILES string of the molecule is CN1CCN(C(=O)/C(=C\c2cccs2)c2ccc(F)cc2)CC1.Cl. The second-order valence-corrected chi connectivity index (χ2v) is 6.66. The van der Waals surface area contributed by atoms with Crippen LogP contribution in [0.4, 0.5) is 4.39 Å². The molecule has 6 heteroatoms. The predicted octanol–water partition coefficient (Wildman–Crippen LogP) is 3.62. The third-order valence-corrected chi connectivity index (χ3v) is 4.83. The van der Waals surface area contributed by atoms with Crippen LogP contribution in [0, 0.1) is 5.82 Å². The topological polar surface area (TPSA) is 23.6 Å². The van der Waals surface area contributed by atoms with Crippen LogP contribution in [0.1, 0.15) is 10.4 Å². The van der Waals surface area contributed by atoms with E-state index >= 15 is 0 Å². The molecule has 1 amide bonds. The lowest BCUT2D eigenvalue weighted by Gasteiger charge is -2.33. The van der Waals surface area contributed by atoms with Gasteiger partial charge in [0.1, 0.15) is 5.82 Å². The van der Waals surface area contributed by atoms with Gasteiger partial charge < -0.3 is 9.80 Å². The Kier molecular flexibility index (Phi) is 6.54. The van der Waals surface area contributed by atoms with Gasteiger partial charge >= 0.3 is 0 Å². The monoisotopic (exact) mass is 366 g/mol. The summed E-state index contributed by atoms with van der Waals surface area (Å²) in [5.74, 6) is -0.283. The zero-order valence-electron chi connectivity index (χ0n) is 13.4. The lowest BCUT2D eigenvalue weighted by atomic mass is 10.0. The minimum Gasteiger partial charge on any atom is -0.336 e. The number of likely N-dealkylation sites (N-methyl/N-ethyl adjacent to an activating group) is 1. The minimum absolute atomic E-state index is 0. The Morgan fingerprint density at radius 2 is 1.79 bits per heavy atom. The molecule has 1 fully saturated rings. The summed E-state index contributed by atoms with van der Waals surface area (Å²) in [7, 11) is 2.06. The van der Waals surface area contributed by atoms with Gasteiger partial charge in [-0.15, -0.1) is 23.7 Å². The first-order chi connectivity index (χ1) is 11.1. The Balaban J connectivity index is 0.00000208. The van der Waals surface area contributed by atoms with Crippen molar-refractivity contribution in [2.45, 2.75) is 0 Å². The van der Waals surface area contributed by atoms with Gasteiger partial charge in [0.2, 0.25) is 0 Å². The second-order valence-electron chi connectivity index (χ2n) is 5.68. The zero-order valence-corrected chi connectivity index (χ0v) is 15.1. The Labute approximate surface area is 151 Å². The highest BCUT2D eigenvalue weighted by Crippen LogP contribution is 2.24. The van der Waals surface area contributed by atoms with Crippen molar-refractivity contribution in [3.8, 4) is 0 Å². The van der Waals surface area contributed by atoms with Crippen LogP contribution >= 0.6 is 23.7 Å². The number of carbonyl (C=O) groups is 1. The molecule has 0 spiro atoms. The molecule has 1 aromatic heterocycles. The lowest BCUT2D eigenvalue weighted by Crippen LogP contribution is -2.47. The third-order valence-electron chi connectivity index (χ3n) is 4.01. The van der Waals surface area contributed by atoms with E-state index in [-0.39, 0.29) is 24.1 Å². The molecule has 3 rings (SSSR count). The Hall–Kier alpha value is -1.69. The predicted molar refractivity (Wildman–Crippen MR) is 99.9 cm³/mol. The molecule has 0 aliphatic carbocycles. The van der Waals surface area contributed by atoms with Gasteiger partial charge in [0.15, 0.2) is 0 Å². The summed E-state index contributed by atoms with van der Waals surface area (Å²) in [5.41, 5.74) is 1.38. The highest BCUT2D eigenvalue weighted by molar-refractivity contribution is 7.11. The van der Waals surface area contributed by atoms with Crippen LogP contribution in [-0.4, -0.2) is 48.9 Å². The van der Waals surface area contributed by atoms with Crippen molar-refractivity contribution in [3.63, 3.8) is 0 Å². The van der Waals surface area contributed by atoms with E-state index in [0.29, 0.717) is 5.57 Å². The molecule has 2 heterocycles. The number of halogens is 2. The summed E-state index contributed by atoms with van der Waals surface area (Å²) in [6.45, 7) is 3.19. The first-order valence-corrected chi connectivity index (χ1v) is 8.50. The van der Waals surface area contributed by atoms with Crippen LogP contribution in [0.5, 0.6) is 0 Å². The fourth-order valence-corrected chi connectivity index (χ4v) is 3.25. The maximum absolute atomic E-state index is 13.2. The van der Waals surface area contributed by atoms with Crippen LogP contribution in [0.25, 0.3) is 11.6 Å². The van der Waals surface area contributed by atoms with Crippen LogP contribution in [0.15, 0.2) is 41.8 Å². The molecule has 0 bridgehead atoms. The van der Waals surface area contributed by atoms with Gasteiger partial charge in [-0.25, -0.2) is 4.39 Å². The highest BCUT2D eigenvalue weighted by Gasteiger charge is 2.23. The molecule has 1 aliphatic heterocycles. The summed E-state index contributed by atoms with van der Waals surface area (Å²) in [5, 5.41) is 1.98. The maximum Gasteiger partial charge on any atom is 0.254 e. The number of benzene rings is 1. The number of thiophene rings is 1. The second kappa shape index (κ2) is 8.42. The van der Waals surface area contributed by atoms with Crippen molar-refractivity contribution in [1.29, 1.82) is 0 Å². The maximum atomic E-state index is 13.2. The molecule has 1 aromatic carbocycles. The molecule has 1 saturated heterocycles. The van der Waals surface area contributed by atoms with Crippen LogP contribution < -0.4 is 0 Å². The van der Waals surface area contributed by atoms with E-state index in [1.807, 2.05) is 28.5 Å². The van der Waals surface area contributed by atoms with Crippen molar-refractivity contribution in [1.82, 2.24) is 9.80 Å². The number of nitrogens with zero attached hydrogens (tertiary/aromatic N) is 2. The van der Waals surface area contributed by atoms with Crippen molar-refractivity contribution in [3.05, 3.63) is 58.0 Å². The molecule has 0 saturated carbocycles. The Morgan fingerprint density at radius 1 is 1.12 bits per heavy atom. The molecular weight excluding hydrogens is 347 g/mol. The normalized spacial score (nSPS) is 15.9. The van der Waals surface area contributed by atoms with Crippen LogP contribution in [-0.2, 0) is 4.79 Å². The average molecular weight is 367 g/mol. The molecule has 0 atom stereocenters.